The molecule has 0 radical (unpaired) electrons. The number of carbonyl (C=O) groups excluding carboxylic acids is 1. The Bertz CT molecular complexity index is 298. The average Bonchev–Trinajstić information content (AvgIpc) is 2.50. The standard InChI is InChI=1S/C8H11ClN2O2/c1-6-7(5-10-13-6)8(12)11(2)4-3-9/h5H,3-4H2,1-2H3. The fourth-order valence-electron chi connectivity index (χ4n) is 0.938. The largest absolute Gasteiger partial charge is 0.361 e. The summed E-state index contributed by atoms with van der Waals surface area (Å²) >= 11 is 5.51. The topological polar surface area (TPSA) is 46.3 Å². The molecule has 1 aromatic heterocycles. The summed E-state index contributed by atoms with van der Waals surface area (Å²) in [5, 5.41) is 3.53. The lowest BCUT2D eigenvalue weighted by atomic mass is 10.2. The zero-order valence-electron chi connectivity index (χ0n) is 7.58. The molecule has 0 aromatic carbocycles. The molecule has 0 fully saturated rings. The number of alkyl halides is 1. The van der Waals surface area contributed by atoms with Crippen LogP contribution in [-0.2, 0) is 0 Å². The van der Waals surface area contributed by atoms with Gasteiger partial charge >= 0.3 is 0 Å². The highest BCUT2D eigenvalue weighted by Gasteiger charge is 2.16. The van der Waals surface area contributed by atoms with E-state index in [1.54, 1.807) is 14.0 Å². The van der Waals surface area contributed by atoms with Crippen molar-refractivity contribution in [2.75, 3.05) is 19.5 Å². The summed E-state index contributed by atoms with van der Waals surface area (Å²) in [5.74, 6) is 0.845. The monoisotopic (exact) mass is 202 g/mol. The number of aryl methyl sites for hydroxylation is 1. The van der Waals surface area contributed by atoms with Crippen LogP contribution in [-0.4, -0.2) is 35.4 Å². The number of halogens is 1. The molecule has 4 nitrogen and oxygen atoms in total. The molecule has 1 aromatic rings. The van der Waals surface area contributed by atoms with Gasteiger partial charge < -0.3 is 9.42 Å². The van der Waals surface area contributed by atoms with E-state index in [-0.39, 0.29) is 5.91 Å². The summed E-state index contributed by atoms with van der Waals surface area (Å²) in [6, 6.07) is 0. The Morgan fingerprint density at radius 3 is 2.92 bits per heavy atom. The molecule has 1 heterocycles. The van der Waals surface area contributed by atoms with Crippen LogP contribution in [0, 0.1) is 6.92 Å². The SMILES string of the molecule is Cc1oncc1C(=O)N(C)CCCl. The Labute approximate surface area is 81.4 Å². The van der Waals surface area contributed by atoms with Crippen molar-refractivity contribution in [1.29, 1.82) is 0 Å². The van der Waals surface area contributed by atoms with E-state index in [2.05, 4.69) is 5.16 Å². The van der Waals surface area contributed by atoms with Crippen molar-refractivity contribution in [1.82, 2.24) is 10.1 Å². The highest BCUT2D eigenvalue weighted by Crippen LogP contribution is 2.08. The molecule has 1 rings (SSSR count). The zero-order valence-corrected chi connectivity index (χ0v) is 8.34. The van der Waals surface area contributed by atoms with Crippen LogP contribution in [0.4, 0.5) is 0 Å². The Balaban J connectivity index is 2.73. The third kappa shape index (κ3) is 2.21. The molecular formula is C8H11ClN2O2. The van der Waals surface area contributed by atoms with Crippen LogP contribution in [0.3, 0.4) is 0 Å². The van der Waals surface area contributed by atoms with E-state index in [9.17, 15) is 4.79 Å². The van der Waals surface area contributed by atoms with Gasteiger partial charge in [0.05, 0.1) is 6.20 Å². The number of amides is 1. The highest BCUT2D eigenvalue weighted by molar-refractivity contribution is 6.18. The minimum absolute atomic E-state index is 0.112. The Kier molecular flexibility index (Phi) is 3.31. The number of nitrogens with zero attached hydrogens (tertiary/aromatic N) is 2. The first kappa shape index (κ1) is 10.1. The van der Waals surface area contributed by atoms with Crippen molar-refractivity contribution in [3.63, 3.8) is 0 Å². The molecule has 0 aliphatic rings. The van der Waals surface area contributed by atoms with E-state index in [1.165, 1.54) is 11.1 Å². The third-order valence-electron chi connectivity index (χ3n) is 1.75. The lowest BCUT2D eigenvalue weighted by Crippen LogP contribution is -2.28. The maximum absolute atomic E-state index is 11.6. The van der Waals surface area contributed by atoms with E-state index in [0.717, 1.165) is 0 Å². The molecule has 0 spiro atoms. The van der Waals surface area contributed by atoms with Crippen LogP contribution < -0.4 is 0 Å². The summed E-state index contributed by atoms with van der Waals surface area (Å²) in [6.07, 6.45) is 1.42. The van der Waals surface area contributed by atoms with Crippen molar-refractivity contribution < 1.29 is 9.32 Å². The first-order valence-electron chi connectivity index (χ1n) is 3.89. The van der Waals surface area contributed by atoms with E-state index >= 15 is 0 Å². The third-order valence-corrected chi connectivity index (χ3v) is 1.92. The van der Waals surface area contributed by atoms with Crippen molar-refractivity contribution in [3.05, 3.63) is 17.5 Å². The molecule has 0 unspecified atom stereocenters. The van der Waals surface area contributed by atoms with Crippen LogP contribution in [0.25, 0.3) is 0 Å². The molecular weight excluding hydrogens is 192 g/mol. The van der Waals surface area contributed by atoms with E-state index in [0.29, 0.717) is 23.7 Å². The second kappa shape index (κ2) is 4.28. The van der Waals surface area contributed by atoms with Gasteiger partial charge in [-0.3, -0.25) is 4.79 Å². The number of rotatable bonds is 3. The predicted molar refractivity (Wildman–Crippen MR) is 48.9 cm³/mol. The van der Waals surface area contributed by atoms with Gasteiger partial charge in [0.25, 0.3) is 5.91 Å². The van der Waals surface area contributed by atoms with Gasteiger partial charge in [-0.15, -0.1) is 11.6 Å². The Morgan fingerprint density at radius 1 is 1.77 bits per heavy atom. The molecule has 0 saturated carbocycles. The number of hydrogen-bond acceptors (Lipinski definition) is 3. The molecule has 0 saturated heterocycles. The molecule has 0 aliphatic heterocycles. The predicted octanol–water partition coefficient (Wildman–Crippen LogP) is 1.29. The van der Waals surface area contributed by atoms with Crippen LogP contribution in [0.2, 0.25) is 0 Å². The van der Waals surface area contributed by atoms with Gasteiger partial charge in [-0.2, -0.15) is 0 Å². The minimum Gasteiger partial charge on any atom is -0.361 e. The van der Waals surface area contributed by atoms with Crippen LogP contribution >= 0.6 is 11.6 Å². The number of hydrogen-bond donors (Lipinski definition) is 0. The quantitative estimate of drug-likeness (QED) is 0.694. The van der Waals surface area contributed by atoms with Crippen LogP contribution in [0.5, 0.6) is 0 Å². The molecule has 0 atom stereocenters. The Hall–Kier alpha value is -1.03. The molecule has 72 valence electrons. The smallest absolute Gasteiger partial charge is 0.258 e. The average molecular weight is 203 g/mol. The first-order valence-corrected chi connectivity index (χ1v) is 4.43. The summed E-state index contributed by atoms with van der Waals surface area (Å²) < 4.78 is 4.78. The molecule has 0 N–H and O–H groups in total. The van der Waals surface area contributed by atoms with E-state index < -0.39 is 0 Å². The lowest BCUT2D eigenvalue weighted by Gasteiger charge is -2.13. The summed E-state index contributed by atoms with van der Waals surface area (Å²) in [6.45, 7) is 2.22. The van der Waals surface area contributed by atoms with Gasteiger partial charge in [-0.1, -0.05) is 5.16 Å². The maximum Gasteiger partial charge on any atom is 0.258 e. The van der Waals surface area contributed by atoms with Crippen molar-refractivity contribution >= 4 is 17.5 Å². The molecule has 0 bridgehead atoms. The van der Waals surface area contributed by atoms with Gasteiger partial charge in [0.15, 0.2) is 0 Å². The zero-order chi connectivity index (χ0) is 9.84. The van der Waals surface area contributed by atoms with E-state index in [4.69, 9.17) is 16.1 Å². The van der Waals surface area contributed by atoms with Crippen molar-refractivity contribution in [2.24, 2.45) is 0 Å². The number of aromatic nitrogens is 1. The van der Waals surface area contributed by atoms with Gasteiger partial charge in [0, 0.05) is 19.5 Å². The number of carbonyl (C=O) groups is 1. The second-order valence-electron chi connectivity index (χ2n) is 2.71. The van der Waals surface area contributed by atoms with Crippen LogP contribution in [0.1, 0.15) is 16.1 Å². The normalized spacial score (nSPS) is 10.1. The second-order valence-corrected chi connectivity index (χ2v) is 3.09. The van der Waals surface area contributed by atoms with Gasteiger partial charge in [0.1, 0.15) is 11.3 Å². The maximum atomic E-state index is 11.6. The van der Waals surface area contributed by atoms with Gasteiger partial charge in [-0.25, -0.2) is 0 Å². The lowest BCUT2D eigenvalue weighted by molar-refractivity contribution is 0.0801. The minimum atomic E-state index is -0.112. The van der Waals surface area contributed by atoms with Crippen molar-refractivity contribution in [2.45, 2.75) is 6.92 Å². The first-order chi connectivity index (χ1) is 6.16. The van der Waals surface area contributed by atoms with E-state index in [1.807, 2.05) is 0 Å². The van der Waals surface area contributed by atoms with Crippen LogP contribution in [0.15, 0.2) is 10.7 Å². The summed E-state index contributed by atoms with van der Waals surface area (Å²) in [7, 11) is 1.69. The fraction of sp³-hybridized carbons (Fsp3) is 0.500. The summed E-state index contributed by atoms with van der Waals surface area (Å²) in [5.41, 5.74) is 0.493. The van der Waals surface area contributed by atoms with Crippen molar-refractivity contribution in [3.8, 4) is 0 Å². The molecule has 13 heavy (non-hydrogen) atoms. The Morgan fingerprint density at radius 2 is 2.46 bits per heavy atom. The molecule has 1 amide bonds. The van der Waals surface area contributed by atoms with Gasteiger partial charge in [0.2, 0.25) is 0 Å². The molecule has 5 heteroatoms. The van der Waals surface area contributed by atoms with Gasteiger partial charge in [-0.05, 0) is 6.92 Å². The molecule has 0 aliphatic carbocycles. The summed E-state index contributed by atoms with van der Waals surface area (Å²) in [4.78, 5) is 13.1. The fourth-order valence-corrected chi connectivity index (χ4v) is 1.19. The highest BCUT2D eigenvalue weighted by atomic mass is 35.5.